The third kappa shape index (κ3) is 3.51. The van der Waals surface area contributed by atoms with Gasteiger partial charge in [0.05, 0.1) is 17.5 Å². The van der Waals surface area contributed by atoms with Gasteiger partial charge in [-0.1, -0.05) is 22.9 Å². The van der Waals surface area contributed by atoms with E-state index in [1.54, 1.807) is 0 Å². The summed E-state index contributed by atoms with van der Waals surface area (Å²) in [5.74, 6) is -0.893. The maximum Gasteiger partial charge on any atom is 0.331 e. The Morgan fingerprint density at radius 1 is 1.45 bits per heavy atom. The second kappa shape index (κ2) is 7.59. The zero-order valence-electron chi connectivity index (χ0n) is 17.7. The Bertz CT molecular complexity index is 1240. The fourth-order valence-electron chi connectivity index (χ4n) is 4.32. The number of aromatic nitrogens is 1. The number of carbonyl (C=O) groups is 2. The molecule has 0 saturated heterocycles. The highest BCUT2D eigenvalue weighted by Gasteiger charge is 2.37. The smallest absolute Gasteiger partial charge is 0.331 e. The molecule has 10 heteroatoms. The number of rotatable bonds is 2. The van der Waals surface area contributed by atoms with Gasteiger partial charge in [0.15, 0.2) is 5.69 Å². The second-order valence-corrected chi connectivity index (χ2v) is 10.1. The fraction of sp³-hybridized carbons (Fsp3) is 0.381. The molecule has 1 unspecified atom stereocenters. The van der Waals surface area contributed by atoms with Gasteiger partial charge >= 0.3 is 5.97 Å². The summed E-state index contributed by atoms with van der Waals surface area (Å²) in [6.07, 6.45) is 1.93. The molecule has 2 aliphatic rings. The molecule has 1 atom stereocenters. The van der Waals surface area contributed by atoms with Crippen LogP contribution in [0.4, 0.5) is 5.69 Å². The van der Waals surface area contributed by atoms with Crippen LogP contribution in [0.5, 0.6) is 5.88 Å². The average Bonchev–Trinajstić information content (AvgIpc) is 3.19. The van der Waals surface area contributed by atoms with E-state index in [4.69, 9.17) is 0 Å². The van der Waals surface area contributed by atoms with E-state index in [-0.39, 0.29) is 21.5 Å². The summed E-state index contributed by atoms with van der Waals surface area (Å²) < 4.78 is 7.40. The lowest BCUT2D eigenvalue weighted by Gasteiger charge is -2.37. The summed E-state index contributed by atoms with van der Waals surface area (Å²) in [6.45, 7) is 8.31. The molecule has 1 amide bonds. The number of thioether (sulfide) groups is 1. The number of halogens is 1. The molecule has 0 saturated carbocycles. The molecule has 1 aromatic heterocycles. The molecule has 2 aliphatic heterocycles. The Balaban J connectivity index is 1.84. The van der Waals surface area contributed by atoms with E-state index in [1.807, 2.05) is 11.5 Å². The van der Waals surface area contributed by atoms with Crippen molar-refractivity contribution in [3.8, 4) is 5.88 Å². The molecule has 8 nitrogen and oxygen atoms in total. The van der Waals surface area contributed by atoms with Crippen LogP contribution in [0.3, 0.4) is 0 Å². The lowest BCUT2D eigenvalue weighted by atomic mass is 9.82. The number of aliphatic imine (C=N–C) groups is 1. The number of ether oxygens (including phenoxy) is 1. The van der Waals surface area contributed by atoms with Crippen LogP contribution in [0.1, 0.15) is 44.2 Å². The monoisotopic (exact) mass is 504 g/mol. The standard InChI is InChI=1S/C21H21BrN4O4S/c1-9-8-21(3,4)26-17-11(9)6-12(22)10(2)15(17)16(19(26)29)24-25-20-23-18(28)13(31-20)7-14(27)30-5/h6-7,9,29H,8H2,1-5H3/b13-7-,25-24?. The topological polar surface area (TPSA) is 106 Å². The molecule has 31 heavy (non-hydrogen) atoms. The minimum atomic E-state index is -0.646. The molecule has 0 bridgehead atoms. The average molecular weight is 505 g/mol. The van der Waals surface area contributed by atoms with Gasteiger partial charge < -0.3 is 14.4 Å². The molecule has 4 rings (SSSR count). The van der Waals surface area contributed by atoms with Crippen LogP contribution in [0.25, 0.3) is 10.9 Å². The number of hydrogen-bond acceptors (Lipinski definition) is 7. The van der Waals surface area contributed by atoms with Crippen LogP contribution in [0.15, 0.2) is 36.7 Å². The third-order valence-corrected chi connectivity index (χ3v) is 7.34. The molecule has 162 valence electrons. The Hall–Kier alpha value is -2.46. The Morgan fingerprint density at radius 2 is 2.16 bits per heavy atom. The zero-order chi connectivity index (χ0) is 22.7. The Morgan fingerprint density at radius 3 is 2.84 bits per heavy atom. The SMILES string of the molecule is COC(=O)/C=C1\SC(N=Nc2c(O)n3c4c(cc(Br)c(C)c24)C(C)CC3(C)C)=NC1=O. The molecule has 3 heterocycles. The van der Waals surface area contributed by atoms with Crippen LogP contribution in [-0.4, -0.2) is 33.8 Å². The number of azo groups is 1. The van der Waals surface area contributed by atoms with Gasteiger partial charge in [-0.15, -0.1) is 10.2 Å². The highest BCUT2D eigenvalue weighted by molar-refractivity contribution is 9.10. The van der Waals surface area contributed by atoms with Gasteiger partial charge in [0, 0.05) is 21.5 Å². The van der Waals surface area contributed by atoms with Crippen molar-refractivity contribution in [3.63, 3.8) is 0 Å². The normalized spacial score (nSPS) is 21.4. The van der Waals surface area contributed by atoms with Gasteiger partial charge in [0.1, 0.15) is 0 Å². The quantitative estimate of drug-likeness (QED) is 0.333. The first-order chi connectivity index (χ1) is 14.5. The van der Waals surface area contributed by atoms with Crippen LogP contribution < -0.4 is 0 Å². The van der Waals surface area contributed by atoms with Crippen molar-refractivity contribution in [1.29, 1.82) is 0 Å². The molecule has 0 spiro atoms. The van der Waals surface area contributed by atoms with E-state index >= 15 is 0 Å². The summed E-state index contributed by atoms with van der Waals surface area (Å²) in [4.78, 5) is 27.4. The number of methoxy groups -OCH3 is 1. The van der Waals surface area contributed by atoms with Gasteiger partial charge in [0.25, 0.3) is 5.91 Å². The maximum absolute atomic E-state index is 12.0. The Kier molecular flexibility index (Phi) is 5.33. The number of carbonyl (C=O) groups excluding carboxylic acids is 2. The van der Waals surface area contributed by atoms with Gasteiger partial charge in [-0.3, -0.25) is 4.79 Å². The predicted octanol–water partition coefficient (Wildman–Crippen LogP) is 5.43. The van der Waals surface area contributed by atoms with Crippen LogP contribution in [0, 0.1) is 6.92 Å². The highest BCUT2D eigenvalue weighted by atomic mass is 79.9. The summed E-state index contributed by atoms with van der Waals surface area (Å²) >= 11 is 4.56. The van der Waals surface area contributed by atoms with Gasteiger partial charge in [-0.25, -0.2) is 4.79 Å². The van der Waals surface area contributed by atoms with Crippen molar-refractivity contribution in [2.24, 2.45) is 15.2 Å². The van der Waals surface area contributed by atoms with E-state index in [0.29, 0.717) is 11.6 Å². The molecular formula is C21H21BrN4O4S. The summed E-state index contributed by atoms with van der Waals surface area (Å²) in [6, 6.07) is 2.11. The minimum absolute atomic E-state index is 0.0262. The van der Waals surface area contributed by atoms with Gasteiger partial charge in [0.2, 0.25) is 11.0 Å². The lowest BCUT2D eigenvalue weighted by molar-refractivity contribution is -0.135. The molecule has 2 aromatic rings. The van der Waals surface area contributed by atoms with Crippen LogP contribution >= 0.6 is 27.7 Å². The molecular weight excluding hydrogens is 484 g/mol. The van der Waals surface area contributed by atoms with E-state index in [9.17, 15) is 14.7 Å². The molecule has 0 fully saturated rings. The molecule has 0 aliphatic carbocycles. The number of benzene rings is 1. The number of amidine groups is 1. The first-order valence-electron chi connectivity index (χ1n) is 9.64. The van der Waals surface area contributed by atoms with Crippen molar-refractivity contribution in [2.75, 3.05) is 7.11 Å². The molecule has 1 N–H and O–H groups in total. The number of aryl methyl sites for hydroxylation is 1. The Labute approximate surface area is 191 Å². The van der Waals surface area contributed by atoms with E-state index < -0.39 is 11.9 Å². The van der Waals surface area contributed by atoms with Crippen molar-refractivity contribution in [3.05, 3.63) is 32.6 Å². The van der Waals surface area contributed by atoms with E-state index in [2.05, 4.69) is 62.7 Å². The summed E-state index contributed by atoms with van der Waals surface area (Å²) in [5.41, 5.74) is 3.04. The minimum Gasteiger partial charge on any atom is -0.493 e. The van der Waals surface area contributed by atoms with Crippen molar-refractivity contribution in [2.45, 2.75) is 45.6 Å². The van der Waals surface area contributed by atoms with Gasteiger partial charge in [-0.05, 0) is 62.1 Å². The highest BCUT2D eigenvalue weighted by Crippen LogP contribution is 2.52. The predicted molar refractivity (Wildman–Crippen MR) is 123 cm³/mol. The van der Waals surface area contributed by atoms with Crippen LogP contribution in [-0.2, 0) is 19.9 Å². The lowest BCUT2D eigenvalue weighted by Crippen LogP contribution is -2.31. The van der Waals surface area contributed by atoms with E-state index in [1.165, 1.54) is 7.11 Å². The van der Waals surface area contributed by atoms with Gasteiger partial charge in [-0.2, -0.15) is 4.99 Å². The van der Waals surface area contributed by atoms with Crippen molar-refractivity contribution >= 4 is 61.3 Å². The first kappa shape index (κ1) is 21.8. The number of esters is 1. The second-order valence-electron chi connectivity index (χ2n) is 8.25. The van der Waals surface area contributed by atoms with Crippen molar-refractivity contribution < 1.29 is 19.4 Å². The number of nitrogens with zero attached hydrogens (tertiary/aromatic N) is 4. The third-order valence-electron chi connectivity index (χ3n) is 5.65. The largest absolute Gasteiger partial charge is 0.493 e. The maximum atomic E-state index is 12.0. The van der Waals surface area contributed by atoms with Crippen molar-refractivity contribution in [1.82, 2.24) is 4.57 Å². The summed E-state index contributed by atoms with van der Waals surface area (Å²) in [5, 5.41) is 20.5. The number of amides is 1. The number of hydrogen-bond donors (Lipinski definition) is 1. The molecule has 1 aromatic carbocycles. The zero-order valence-corrected chi connectivity index (χ0v) is 20.1. The first-order valence-corrected chi connectivity index (χ1v) is 11.2. The van der Waals surface area contributed by atoms with E-state index in [0.717, 1.165) is 50.8 Å². The van der Waals surface area contributed by atoms with Crippen LogP contribution in [0.2, 0.25) is 0 Å². The number of aromatic hydroxyl groups is 1. The molecule has 0 radical (unpaired) electrons. The fourth-order valence-corrected chi connectivity index (χ4v) is 5.46. The summed E-state index contributed by atoms with van der Waals surface area (Å²) in [7, 11) is 1.23.